The highest BCUT2D eigenvalue weighted by Gasteiger charge is 2.06. The topological polar surface area (TPSA) is 38.3 Å². The van der Waals surface area contributed by atoms with Crippen LogP contribution in [0.5, 0.6) is 5.75 Å². The minimum Gasteiger partial charge on any atom is -0.496 e. The number of nitrogens with one attached hydrogen (secondary N) is 1. The average molecular weight is 227 g/mol. The summed E-state index contributed by atoms with van der Waals surface area (Å²) in [5, 5.41) is 2.63. The molecule has 0 heterocycles. The lowest BCUT2D eigenvalue weighted by atomic mass is 10.0. The summed E-state index contributed by atoms with van der Waals surface area (Å²) in [6.45, 7) is 0. The maximum Gasteiger partial charge on any atom is 0.211 e. The molecule has 0 aliphatic carbocycles. The van der Waals surface area contributed by atoms with Crippen LogP contribution in [-0.4, -0.2) is 13.5 Å². The summed E-state index contributed by atoms with van der Waals surface area (Å²) < 4.78 is 5.32. The van der Waals surface area contributed by atoms with Gasteiger partial charge in [0.1, 0.15) is 5.75 Å². The summed E-state index contributed by atoms with van der Waals surface area (Å²) in [5.41, 5.74) is 2.76. The van der Waals surface area contributed by atoms with Crippen molar-refractivity contribution in [2.24, 2.45) is 0 Å². The number of carbonyl (C=O) groups excluding carboxylic acids is 1. The molecule has 0 aliphatic rings. The Morgan fingerprint density at radius 3 is 2.53 bits per heavy atom. The molecule has 0 atom stereocenters. The third-order valence-electron chi connectivity index (χ3n) is 2.51. The lowest BCUT2D eigenvalue weighted by molar-refractivity contribution is -0.105. The molecule has 0 saturated carbocycles. The van der Waals surface area contributed by atoms with Gasteiger partial charge in [0, 0.05) is 11.3 Å². The predicted octanol–water partition coefficient (Wildman–Crippen LogP) is 2.93. The number of hydrogen-bond acceptors (Lipinski definition) is 2. The molecule has 0 bridgehead atoms. The van der Waals surface area contributed by atoms with Gasteiger partial charge in [-0.15, -0.1) is 0 Å². The normalized spacial score (nSPS) is 9.71. The molecule has 0 spiro atoms. The monoisotopic (exact) mass is 227 g/mol. The second-order valence-electron chi connectivity index (χ2n) is 3.54. The van der Waals surface area contributed by atoms with Crippen molar-refractivity contribution in [2.45, 2.75) is 0 Å². The maximum atomic E-state index is 10.4. The van der Waals surface area contributed by atoms with Crippen LogP contribution in [0.1, 0.15) is 0 Å². The first kappa shape index (κ1) is 11.2. The van der Waals surface area contributed by atoms with E-state index < -0.39 is 0 Å². The van der Waals surface area contributed by atoms with E-state index in [0.29, 0.717) is 6.41 Å². The third-order valence-corrected chi connectivity index (χ3v) is 2.51. The predicted molar refractivity (Wildman–Crippen MR) is 68.1 cm³/mol. The van der Waals surface area contributed by atoms with E-state index in [1.54, 1.807) is 13.2 Å². The van der Waals surface area contributed by atoms with Gasteiger partial charge in [0.15, 0.2) is 0 Å². The van der Waals surface area contributed by atoms with E-state index in [1.807, 2.05) is 42.5 Å². The number of rotatable bonds is 4. The molecule has 1 N–H and O–H groups in total. The fraction of sp³-hybridized carbons (Fsp3) is 0.0714. The SMILES string of the molecule is COc1ccc(NC=O)cc1-c1ccccc1. The van der Waals surface area contributed by atoms with Gasteiger partial charge < -0.3 is 10.1 Å². The molecule has 3 heteroatoms. The summed E-state index contributed by atoms with van der Waals surface area (Å²) in [5.74, 6) is 0.785. The van der Waals surface area contributed by atoms with Crippen molar-refractivity contribution in [3.05, 3.63) is 48.5 Å². The van der Waals surface area contributed by atoms with Gasteiger partial charge in [-0.1, -0.05) is 30.3 Å². The van der Waals surface area contributed by atoms with Gasteiger partial charge >= 0.3 is 0 Å². The van der Waals surface area contributed by atoms with Crippen LogP contribution in [-0.2, 0) is 4.79 Å². The minimum absolute atomic E-state index is 0.663. The average Bonchev–Trinajstić information content (AvgIpc) is 2.40. The Bertz CT molecular complexity index is 509. The van der Waals surface area contributed by atoms with Crippen LogP contribution in [0.25, 0.3) is 11.1 Å². The largest absolute Gasteiger partial charge is 0.496 e. The van der Waals surface area contributed by atoms with E-state index >= 15 is 0 Å². The molecular formula is C14H13NO2. The Hall–Kier alpha value is -2.29. The van der Waals surface area contributed by atoms with Gasteiger partial charge in [0.2, 0.25) is 6.41 Å². The van der Waals surface area contributed by atoms with Gasteiger partial charge in [0.25, 0.3) is 0 Å². The van der Waals surface area contributed by atoms with Crippen LogP contribution in [0.15, 0.2) is 48.5 Å². The number of benzene rings is 2. The van der Waals surface area contributed by atoms with E-state index in [4.69, 9.17) is 4.74 Å². The fourth-order valence-corrected chi connectivity index (χ4v) is 1.71. The standard InChI is InChI=1S/C14H13NO2/c1-17-14-8-7-12(15-10-16)9-13(14)11-5-3-2-4-6-11/h2-10H,1H3,(H,15,16). The number of ether oxygens (including phenoxy) is 1. The van der Waals surface area contributed by atoms with Crippen molar-refractivity contribution in [3.63, 3.8) is 0 Å². The first-order valence-electron chi connectivity index (χ1n) is 5.29. The maximum absolute atomic E-state index is 10.4. The zero-order valence-electron chi connectivity index (χ0n) is 9.51. The van der Waals surface area contributed by atoms with Crippen LogP contribution in [0.3, 0.4) is 0 Å². The second-order valence-corrected chi connectivity index (χ2v) is 3.54. The lowest BCUT2D eigenvalue weighted by Crippen LogP contribution is -1.95. The van der Waals surface area contributed by atoms with Gasteiger partial charge in [0.05, 0.1) is 7.11 Å². The van der Waals surface area contributed by atoms with Crippen molar-refractivity contribution in [1.29, 1.82) is 0 Å². The van der Waals surface area contributed by atoms with Gasteiger partial charge in [-0.2, -0.15) is 0 Å². The van der Waals surface area contributed by atoms with Crippen molar-refractivity contribution in [2.75, 3.05) is 12.4 Å². The Morgan fingerprint density at radius 2 is 1.88 bits per heavy atom. The zero-order chi connectivity index (χ0) is 12.1. The van der Waals surface area contributed by atoms with E-state index in [-0.39, 0.29) is 0 Å². The highest BCUT2D eigenvalue weighted by molar-refractivity contribution is 5.79. The summed E-state index contributed by atoms with van der Waals surface area (Å²) >= 11 is 0. The molecule has 1 amide bonds. The summed E-state index contributed by atoms with van der Waals surface area (Å²) in [6.07, 6.45) is 0.663. The van der Waals surface area contributed by atoms with Crippen LogP contribution in [0.4, 0.5) is 5.69 Å². The van der Waals surface area contributed by atoms with E-state index in [0.717, 1.165) is 22.6 Å². The quantitative estimate of drug-likeness (QED) is 0.815. The van der Waals surface area contributed by atoms with Crippen LogP contribution in [0, 0.1) is 0 Å². The Balaban J connectivity index is 2.49. The van der Waals surface area contributed by atoms with Gasteiger partial charge in [-0.05, 0) is 23.8 Å². The molecular weight excluding hydrogens is 214 g/mol. The smallest absolute Gasteiger partial charge is 0.211 e. The highest BCUT2D eigenvalue weighted by Crippen LogP contribution is 2.32. The molecule has 0 saturated heterocycles. The molecule has 17 heavy (non-hydrogen) atoms. The number of anilines is 1. The van der Waals surface area contributed by atoms with Crippen molar-refractivity contribution in [1.82, 2.24) is 0 Å². The lowest BCUT2D eigenvalue weighted by Gasteiger charge is -2.10. The summed E-state index contributed by atoms with van der Waals surface area (Å²) in [4.78, 5) is 10.4. The molecule has 0 aliphatic heterocycles. The van der Waals surface area contributed by atoms with Crippen molar-refractivity contribution in [3.8, 4) is 16.9 Å². The number of amides is 1. The first-order valence-corrected chi connectivity index (χ1v) is 5.29. The third kappa shape index (κ3) is 2.45. The Morgan fingerprint density at radius 1 is 1.12 bits per heavy atom. The van der Waals surface area contributed by atoms with Gasteiger partial charge in [-0.25, -0.2) is 0 Å². The van der Waals surface area contributed by atoms with Crippen molar-refractivity contribution < 1.29 is 9.53 Å². The molecule has 3 nitrogen and oxygen atoms in total. The fourth-order valence-electron chi connectivity index (χ4n) is 1.71. The van der Waals surface area contributed by atoms with Gasteiger partial charge in [-0.3, -0.25) is 4.79 Å². The molecule has 2 aromatic carbocycles. The van der Waals surface area contributed by atoms with E-state index in [1.165, 1.54) is 0 Å². The van der Waals surface area contributed by atoms with Crippen molar-refractivity contribution >= 4 is 12.1 Å². The first-order chi connectivity index (χ1) is 8.35. The summed E-state index contributed by atoms with van der Waals surface area (Å²) in [7, 11) is 1.63. The highest BCUT2D eigenvalue weighted by atomic mass is 16.5. The molecule has 0 aromatic heterocycles. The second kappa shape index (κ2) is 5.16. The summed E-state index contributed by atoms with van der Waals surface area (Å²) in [6, 6.07) is 15.4. The molecule has 2 rings (SSSR count). The van der Waals surface area contributed by atoms with Crippen LogP contribution >= 0.6 is 0 Å². The molecule has 0 unspecified atom stereocenters. The minimum atomic E-state index is 0.663. The Labute approximate surface area is 100 Å². The van der Waals surface area contributed by atoms with Crippen LogP contribution < -0.4 is 10.1 Å². The number of hydrogen-bond donors (Lipinski definition) is 1. The van der Waals surface area contributed by atoms with E-state index in [9.17, 15) is 4.79 Å². The molecule has 86 valence electrons. The number of methoxy groups -OCH3 is 1. The Kier molecular flexibility index (Phi) is 3.40. The molecule has 0 fully saturated rings. The zero-order valence-corrected chi connectivity index (χ0v) is 9.51. The molecule has 0 radical (unpaired) electrons. The van der Waals surface area contributed by atoms with Crippen LogP contribution in [0.2, 0.25) is 0 Å². The molecule has 2 aromatic rings. The van der Waals surface area contributed by atoms with E-state index in [2.05, 4.69) is 5.32 Å². The number of carbonyl (C=O) groups is 1.